The first-order valence-corrected chi connectivity index (χ1v) is 21.3. The third kappa shape index (κ3) is 10.5. The van der Waals surface area contributed by atoms with E-state index in [4.69, 9.17) is 20.4 Å². The van der Waals surface area contributed by atoms with Gasteiger partial charge in [-0.3, -0.25) is 0 Å². The fourth-order valence-electron chi connectivity index (χ4n) is 7.99. The molecule has 0 amide bonds. The summed E-state index contributed by atoms with van der Waals surface area (Å²) in [7, 11) is 0. The van der Waals surface area contributed by atoms with Crippen molar-refractivity contribution in [1.29, 1.82) is 0 Å². The zero-order chi connectivity index (χ0) is 41.1. The Morgan fingerprint density at radius 1 is 0.394 bits per heavy atom. The van der Waals surface area contributed by atoms with Gasteiger partial charge in [0.15, 0.2) is 0 Å². The molecule has 0 aliphatic rings. The fourth-order valence-corrected chi connectivity index (χ4v) is 8.45. The van der Waals surface area contributed by atoms with Gasteiger partial charge in [-0.1, -0.05) is 181 Å². The second kappa shape index (κ2) is 22.4. The molecular formula is C57H51BrClN3O3P-. The number of nitrogens with two attached hydrogens (primary N) is 1. The molecule has 0 aliphatic carbocycles. The zero-order valence-corrected chi connectivity index (χ0v) is 39.1. The van der Waals surface area contributed by atoms with Gasteiger partial charge in [0.25, 0.3) is 0 Å². The molecule has 9 heteroatoms. The lowest BCUT2D eigenvalue weighted by molar-refractivity contribution is 0.668. The van der Waals surface area contributed by atoms with Crippen LogP contribution in [0.4, 0.5) is 11.4 Å². The average molecular weight is 972 g/mol. The maximum absolute atomic E-state index is 6.01. The topological polar surface area (TPSA) is 138 Å². The summed E-state index contributed by atoms with van der Waals surface area (Å²) in [4.78, 5) is 0. The summed E-state index contributed by atoms with van der Waals surface area (Å²) in [6, 6.07) is 74.9. The predicted molar refractivity (Wildman–Crippen MR) is 294 cm³/mol. The standard InChI is InChI=1S/C28H19NO.C16H11Cl.C12H7BrO.CH4.H3N.H2N.H2O.H3P/c1-2-8-23-19(6-1)7-5-10-24(23)20-12-14-21(15-13-20)29-22-16-17-26-25-9-3-4-11-27(25)30-28(26)18-22;17-14-10-8-13(9-11-14)16-7-3-5-12-4-1-2-6-15(12)16;13-8-5-6-10-9-3-1-2-4-11(9)14-12(10)7-8;;;;;/h1-18,29H;1-11H;1-7H;1H4;1H3;2*1H2;1H3/q;;;;;-1;;. The van der Waals surface area contributed by atoms with E-state index in [0.29, 0.717) is 0 Å². The molecular weight excluding hydrogens is 921 g/mol. The summed E-state index contributed by atoms with van der Waals surface area (Å²) in [5.74, 6) is 0. The monoisotopic (exact) mass is 970 g/mol. The molecule has 2 aromatic heterocycles. The van der Waals surface area contributed by atoms with Gasteiger partial charge in [0.05, 0.1) is 0 Å². The maximum atomic E-state index is 6.01. The largest absolute Gasteiger partial charge is 0.693 e. The first-order valence-electron chi connectivity index (χ1n) is 20.1. The SMILES string of the molecule is Brc1ccc2c(c1)oc1ccccc12.C.Clc1ccc(-c2cccc3ccccc23)cc1.N.O.P.[NH2-].c1ccc2c(-c3ccc(Nc4ccc5c(c4)oc4ccccc45)cc3)cccc2c1. The molecule has 66 heavy (non-hydrogen) atoms. The molecule has 10 aromatic carbocycles. The van der Waals surface area contributed by atoms with E-state index in [2.05, 4.69) is 179 Å². The van der Waals surface area contributed by atoms with Crippen LogP contribution in [-0.4, -0.2) is 5.48 Å². The van der Waals surface area contributed by atoms with Crippen LogP contribution in [0.15, 0.2) is 232 Å². The van der Waals surface area contributed by atoms with Crippen LogP contribution >= 0.6 is 37.4 Å². The number of rotatable bonds is 4. The minimum absolute atomic E-state index is 0. The smallest absolute Gasteiger partial charge is 0.137 e. The molecule has 0 saturated heterocycles. The van der Waals surface area contributed by atoms with Gasteiger partial charge in [-0.05, 0) is 111 Å². The van der Waals surface area contributed by atoms with Gasteiger partial charge in [-0.2, -0.15) is 9.90 Å². The lowest BCUT2D eigenvalue weighted by Crippen LogP contribution is -1.90. The van der Waals surface area contributed by atoms with Crippen LogP contribution in [0.2, 0.25) is 5.02 Å². The second-order valence-corrected chi connectivity index (χ2v) is 16.2. The van der Waals surface area contributed by atoms with E-state index in [-0.39, 0.29) is 35.1 Å². The van der Waals surface area contributed by atoms with Crippen LogP contribution in [0.25, 0.3) is 93.8 Å². The first kappa shape index (κ1) is 50.2. The van der Waals surface area contributed by atoms with Crippen molar-refractivity contribution in [2.75, 3.05) is 5.32 Å². The summed E-state index contributed by atoms with van der Waals surface area (Å²) in [6.45, 7) is 0. The Balaban J connectivity index is 0.000000195. The number of fused-ring (bicyclic) bond motifs is 8. The van der Waals surface area contributed by atoms with Crippen molar-refractivity contribution in [3.63, 3.8) is 0 Å². The molecule has 0 bridgehead atoms. The number of halogens is 2. The number of nitrogens with one attached hydrogen (secondary N) is 1. The van der Waals surface area contributed by atoms with Crippen LogP contribution in [0, 0.1) is 0 Å². The molecule has 0 fully saturated rings. The quantitative estimate of drug-likeness (QED) is 0.170. The Kier molecular flexibility index (Phi) is 17.0. The van der Waals surface area contributed by atoms with E-state index < -0.39 is 0 Å². The summed E-state index contributed by atoms with van der Waals surface area (Å²) in [5.41, 5.74) is 10.7. The average Bonchev–Trinajstić information content (AvgIpc) is 3.87. The third-order valence-electron chi connectivity index (χ3n) is 10.9. The van der Waals surface area contributed by atoms with Crippen molar-refractivity contribution in [2.45, 2.75) is 7.43 Å². The van der Waals surface area contributed by atoms with Crippen molar-refractivity contribution in [3.05, 3.63) is 234 Å². The van der Waals surface area contributed by atoms with Crippen LogP contribution in [0.3, 0.4) is 0 Å². The lowest BCUT2D eigenvalue weighted by atomic mass is 9.98. The number of benzene rings is 10. The van der Waals surface area contributed by atoms with Crippen LogP contribution < -0.4 is 11.5 Å². The van der Waals surface area contributed by atoms with E-state index in [0.717, 1.165) is 54.0 Å². The van der Waals surface area contributed by atoms with Crippen molar-refractivity contribution in [3.8, 4) is 22.3 Å². The van der Waals surface area contributed by atoms with E-state index in [1.54, 1.807) is 0 Å². The van der Waals surface area contributed by atoms with Crippen LogP contribution in [-0.2, 0) is 0 Å². The van der Waals surface area contributed by atoms with Gasteiger partial charge in [-0.15, -0.1) is 0 Å². The highest BCUT2D eigenvalue weighted by molar-refractivity contribution is 9.10. The summed E-state index contributed by atoms with van der Waals surface area (Å²) in [5, 5.41) is 14.0. The number of anilines is 2. The molecule has 0 spiro atoms. The van der Waals surface area contributed by atoms with Crippen LogP contribution in [0.5, 0.6) is 0 Å². The Hall–Kier alpha value is -6.80. The van der Waals surface area contributed by atoms with Gasteiger partial charge in [-0.25, -0.2) is 0 Å². The van der Waals surface area contributed by atoms with E-state index >= 15 is 0 Å². The Bertz CT molecular complexity index is 3490. The van der Waals surface area contributed by atoms with Gasteiger partial charge in [0, 0.05) is 48.5 Å². The number of hydrogen-bond acceptors (Lipinski definition) is 4. The molecule has 2 heterocycles. The molecule has 332 valence electrons. The van der Waals surface area contributed by atoms with Crippen LogP contribution in [0.1, 0.15) is 7.43 Å². The zero-order valence-electron chi connectivity index (χ0n) is 35.3. The highest BCUT2D eigenvalue weighted by Gasteiger charge is 2.09. The van der Waals surface area contributed by atoms with Gasteiger partial charge < -0.3 is 31.9 Å². The summed E-state index contributed by atoms with van der Waals surface area (Å²) >= 11 is 9.35. The predicted octanol–water partition coefficient (Wildman–Crippen LogP) is 18.4. The van der Waals surface area contributed by atoms with E-state index in [9.17, 15) is 0 Å². The highest BCUT2D eigenvalue weighted by Crippen LogP contribution is 2.34. The number of para-hydroxylation sites is 2. The number of furan rings is 2. The molecule has 12 rings (SSSR count). The molecule has 1 atom stereocenters. The summed E-state index contributed by atoms with van der Waals surface area (Å²) < 4.78 is 12.8. The second-order valence-electron chi connectivity index (χ2n) is 14.8. The Morgan fingerprint density at radius 3 is 1.32 bits per heavy atom. The van der Waals surface area contributed by atoms with Crippen molar-refractivity contribution < 1.29 is 14.3 Å². The highest BCUT2D eigenvalue weighted by atomic mass is 79.9. The molecule has 0 aliphatic heterocycles. The van der Waals surface area contributed by atoms with Gasteiger partial charge in [0.1, 0.15) is 22.3 Å². The minimum Gasteiger partial charge on any atom is -0.693 e. The molecule has 1 unspecified atom stereocenters. The molecule has 8 N–H and O–H groups in total. The molecule has 0 radical (unpaired) electrons. The molecule has 12 aromatic rings. The van der Waals surface area contributed by atoms with E-state index in [1.807, 2.05) is 60.7 Å². The molecule has 0 saturated carbocycles. The lowest BCUT2D eigenvalue weighted by Gasteiger charge is -2.10. The van der Waals surface area contributed by atoms with Crippen molar-refractivity contribution >= 4 is 114 Å². The Morgan fingerprint density at radius 2 is 0.788 bits per heavy atom. The van der Waals surface area contributed by atoms with Crippen molar-refractivity contribution in [1.82, 2.24) is 6.15 Å². The minimum atomic E-state index is 0. The normalized spacial score (nSPS) is 10.3. The van der Waals surface area contributed by atoms with E-state index in [1.165, 1.54) is 54.6 Å². The van der Waals surface area contributed by atoms with Gasteiger partial charge in [0.2, 0.25) is 0 Å². The first-order chi connectivity index (χ1) is 30.0. The van der Waals surface area contributed by atoms with Gasteiger partial charge >= 0.3 is 0 Å². The Labute approximate surface area is 401 Å². The fraction of sp³-hybridized carbons (Fsp3) is 0.0175. The summed E-state index contributed by atoms with van der Waals surface area (Å²) in [6.07, 6.45) is 0. The maximum Gasteiger partial charge on any atom is 0.137 e. The molecule has 6 nitrogen and oxygen atoms in total. The third-order valence-corrected chi connectivity index (χ3v) is 11.7. The number of hydrogen-bond donors (Lipinski definition) is 2. The van der Waals surface area contributed by atoms with Crippen molar-refractivity contribution in [2.24, 2.45) is 0 Å².